The van der Waals surface area contributed by atoms with Gasteiger partial charge in [0.1, 0.15) is 29.9 Å². The van der Waals surface area contributed by atoms with Gasteiger partial charge in [-0.15, -0.1) is 0 Å². The van der Waals surface area contributed by atoms with Crippen LogP contribution in [0.4, 0.5) is 13.2 Å². The summed E-state index contributed by atoms with van der Waals surface area (Å²) in [6.45, 7) is 0.519. The van der Waals surface area contributed by atoms with Gasteiger partial charge < -0.3 is 19.1 Å². The van der Waals surface area contributed by atoms with Gasteiger partial charge in [0.2, 0.25) is 5.88 Å². The fourth-order valence-corrected chi connectivity index (χ4v) is 5.14. The van der Waals surface area contributed by atoms with E-state index >= 15 is 8.78 Å². The van der Waals surface area contributed by atoms with Crippen LogP contribution >= 0.6 is 0 Å². The summed E-state index contributed by atoms with van der Waals surface area (Å²) in [6, 6.07) is 19.7. The van der Waals surface area contributed by atoms with Gasteiger partial charge in [-0.05, 0) is 59.7 Å². The molecule has 0 fully saturated rings. The molecule has 1 N–H and O–H groups in total. The molecule has 46 heavy (non-hydrogen) atoms. The maximum Gasteiger partial charge on any atom is 0.335 e. The zero-order chi connectivity index (χ0) is 32.2. The minimum absolute atomic E-state index is 0.0500. The summed E-state index contributed by atoms with van der Waals surface area (Å²) in [5.41, 5.74) is 3.05. The number of halogens is 3. The third kappa shape index (κ3) is 6.45. The predicted molar refractivity (Wildman–Crippen MR) is 165 cm³/mol. The largest absolute Gasteiger partial charge is 0.478 e. The van der Waals surface area contributed by atoms with Crippen molar-refractivity contribution in [2.75, 3.05) is 13.7 Å². The van der Waals surface area contributed by atoms with Crippen LogP contribution in [0.5, 0.6) is 5.88 Å². The first kappa shape index (κ1) is 30.5. The lowest BCUT2D eigenvalue weighted by molar-refractivity contribution is 0.0697. The van der Waals surface area contributed by atoms with E-state index in [1.54, 1.807) is 53.4 Å². The number of fused-ring (bicyclic) bond motifs is 1. The van der Waals surface area contributed by atoms with Gasteiger partial charge in [0.25, 0.3) is 0 Å². The van der Waals surface area contributed by atoms with Crippen LogP contribution in [0.3, 0.4) is 0 Å². The molecular formula is C35H27F3N4O4. The summed E-state index contributed by atoms with van der Waals surface area (Å²) in [5.74, 6) is -2.38. The second-order valence-electron chi connectivity index (χ2n) is 10.5. The normalized spacial score (nSPS) is 11.2. The van der Waals surface area contributed by atoms with Crippen LogP contribution in [-0.2, 0) is 24.3 Å². The first-order chi connectivity index (χ1) is 22.3. The molecule has 3 aromatic carbocycles. The fourth-order valence-electron chi connectivity index (χ4n) is 5.14. The van der Waals surface area contributed by atoms with E-state index in [-0.39, 0.29) is 41.3 Å². The third-order valence-corrected chi connectivity index (χ3v) is 7.50. The molecule has 8 nitrogen and oxygen atoms in total. The SMILES string of the molecule is COCCn1c(Cc2cc(F)c(-c3cccc(OCc4ccc(-c5cccnc5)cc4F)n3)cc2F)nc2ccc(C(=O)O)cc21. The first-order valence-electron chi connectivity index (χ1n) is 14.3. The molecule has 6 aromatic rings. The number of imidazole rings is 1. The van der Waals surface area contributed by atoms with E-state index in [9.17, 15) is 14.3 Å². The van der Waals surface area contributed by atoms with Crippen LogP contribution in [0.15, 0.2) is 91.3 Å². The van der Waals surface area contributed by atoms with Gasteiger partial charge in [-0.1, -0.05) is 24.3 Å². The molecule has 232 valence electrons. The van der Waals surface area contributed by atoms with Crippen molar-refractivity contribution < 1.29 is 32.5 Å². The maximum absolute atomic E-state index is 15.5. The van der Waals surface area contributed by atoms with Gasteiger partial charge >= 0.3 is 5.97 Å². The molecule has 11 heteroatoms. The van der Waals surface area contributed by atoms with E-state index < -0.39 is 23.4 Å². The molecule has 0 saturated heterocycles. The van der Waals surface area contributed by atoms with Crippen molar-refractivity contribution in [1.29, 1.82) is 0 Å². The molecule has 3 aromatic heterocycles. The standard InChI is InChI=1S/C35H27F3N4O4/c1-45-13-12-42-32-16-22(35(43)44)9-10-31(32)40-33(42)17-25-15-29(38)26(18-28(25)37)30-5-2-6-34(41-30)46-20-24-8-7-21(14-27(24)36)23-4-3-11-39-19-23/h2-11,14-16,18-19H,12-13,17,20H2,1H3,(H,43,44). The zero-order valence-corrected chi connectivity index (χ0v) is 24.6. The number of carboxylic acid groups (broad SMARTS) is 1. The van der Waals surface area contributed by atoms with Crippen molar-refractivity contribution in [2.24, 2.45) is 0 Å². The minimum Gasteiger partial charge on any atom is -0.478 e. The van der Waals surface area contributed by atoms with Gasteiger partial charge in [-0.3, -0.25) is 4.98 Å². The molecule has 0 unspecified atom stereocenters. The number of carboxylic acids is 1. The number of ether oxygens (including phenoxy) is 2. The summed E-state index contributed by atoms with van der Waals surface area (Å²) in [6.07, 6.45) is 3.24. The number of nitrogens with zero attached hydrogens (tertiary/aromatic N) is 4. The van der Waals surface area contributed by atoms with E-state index in [1.807, 2.05) is 6.07 Å². The molecule has 0 spiro atoms. The number of hydrogen-bond donors (Lipinski definition) is 1. The van der Waals surface area contributed by atoms with Crippen LogP contribution in [0, 0.1) is 17.5 Å². The third-order valence-electron chi connectivity index (χ3n) is 7.50. The molecule has 0 aliphatic heterocycles. The number of pyridine rings is 2. The second kappa shape index (κ2) is 13.2. The summed E-state index contributed by atoms with van der Waals surface area (Å²) in [4.78, 5) is 24.5. The van der Waals surface area contributed by atoms with Crippen LogP contribution in [0.25, 0.3) is 33.4 Å². The van der Waals surface area contributed by atoms with Gasteiger partial charge in [-0.2, -0.15) is 0 Å². The van der Waals surface area contributed by atoms with E-state index in [0.717, 1.165) is 17.7 Å². The molecule has 6 rings (SSSR count). The average Bonchev–Trinajstić information content (AvgIpc) is 3.41. The van der Waals surface area contributed by atoms with E-state index in [2.05, 4.69) is 15.0 Å². The van der Waals surface area contributed by atoms with Crippen molar-refractivity contribution >= 4 is 17.0 Å². The Labute approximate surface area is 261 Å². The Morgan fingerprint density at radius 2 is 1.72 bits per heavy atom. The summed E-state index contributed by atoms with van der Waals surface area (Å²) in [5, 5.41) is 9.42. The molecule has 0 saturated carbocycles. The van der Waals surface area contributed by atoms with Crippen molar-refractivity contribution in [3.63, 3.8) is 0 Å². The van der Waals surface area contributed by atoms with Crippen molar-refractivity contribution in [2.45, 2.75) is 19.6 Å². The Morgan fingerprint density at radius 1 is 0.870 bits per heavy atom. The number of methoxy groups -OCH3 is 1. The lowest BCUT2D eigenvalue weighted by atomic mass is 10.0. The molecule has 0 aliphatic carbocycles. The Balaban J connectivity index is 1.22. The second-order valence-corrected chi connectivity index (χ2v) is 10.5. The average molecular weight is 625 g/mol. The monoisotopic (exact) mass is 624 g/mol. The maximum atomic E-state index is 15.5. The number of aromatic carboxylic acids is 1. The summed E-state index contributed by atoms with van der Waals surface area (Å²) < 4.78 is 58.4. The van der Waals surface area contributed by atoms with Gasteiger partial charge in [0, 0.05) is 55.2 Å². The molecule has 0 bridgehead atoms. The highest BCUT2D eigenvalue weighted by Crippen LogP contribution is 2.29. The molecule has 0 aliphatic rings. The highest BCUT2D eigenvalue weighted by atomic mass is 19.1. The van der Waals surface area contributed by atoms with Gasteiger partial charge in [0.05, 0.1) is 28.9 Å². The summed E-state index contributed by atoms with van der Waals surface area (Å²) in [7, 11) is 1.53. The van der Waals surface area contributed by atoms with E-state index in [0.29, 0.717) is 41.1 Å². The number of rotatable bonds is 11. The molecule has 0 atom stereocenters. The number of benzene rings is 3. The Morgan fingerprint density at radius 3 is 2.48 bits per heavy atom. The van der Waals surface area contributed by atoms with Gasteiger partial charge in [-0.25, -0.2) is 27.9 Å². The smallest absolute Gasteiger partial charge is 0.335 e. The van der Waals surface area contributed by atoms with Crippen molar-refractivity contribution in [3.8, 4) is 28.3 Å². The number of aromatic nitrogens is 4. The Hall–Kier alpha value is -5.55. The number of carbonyl (C=O) groups is 1. The number of hydrogen-bond acceptors (Lipinski definition) is 6. The van der Waals surface area contributed by atoms with Gasteiger partial charge in [0.15, 0.2) is 0 Å². The molecular weight excluding hydrogens is 597 g/mol. The first-order valence-corrected chi connectivity index (χ1v) is 14.3. The van der Waals surface area contributed by atoms with Crippen LogP contribution < -0.4 is 4.74 Å². The topological polar surface area (TPSA) is 99.4 Å². The van der Waals surface area contributed by atoms with Crippen LogP contribution in [0.2, 0.25) is 0 Å². The van der Waals surface area contributed by atoms with Crippen LogP contribution in [0.1, 0.15) is 27.3 Å². The lowest BCUT2D eigenvalue weighted by Gasteiger charge is -2.12. The Kier molecular flexibility index (Phi) is 8.75. The quantitative estimate of drug-likeness (QED) is 0.164. The molecule has 0 radical (unpaired) electrons. The zero-order valence-electron chi connectivity index (χ0n) is 24.6. The minimum atomic E-state index is -1.09. The lowest BCUT2D eigenvalue weighted by Crippen LogP contribution is -2.10. The highest BCUT2D eigenvalue weighted by Gasteiger charge is 2.19. The highest BCUT2D eigenvalue weighted by molar-refractivity contribution is 5.92. The van der Waals surface area contributed by atoms with E-state index in [4.69, 9.17) is 9.47 Å². The summed E-state index contributed by atoms with van der Waals surface area (Å²) >= 11 is 0. The van der Waals surface area contributed by atoms with E-state index in [1.165, 1.54) is 31.4 Å². The van der Waals surface area contributed by atoms with Crippen molar-refractivity contribution in [1.82, 2.24) is 19.5 Å². The fraction of sp³-hybridized carbons (Fsp3) is 0.143. The van der Waals surface area contributed by atoms with Crippen molar-refractivity contribution in [3.05, 3.63) is 131 Å². The molecule has 3 heterocycles. The Bertz CT molecular complexity index is 2050. The van der Waals surface area contributed by atoms with Crippen LogP contribution in [-0.4, -0.2) is 44.3 Å². The molecule has 0 amide bonds. The predicted octanol–water partition coefficient (Wildman–Crippen LogP) is 7.09.